The van der Waals surface area contributed by atoms with Crippen molar-refractivity contribution in [2.45, 2.75) is 55.8 Å². The van der Waals surface area contributed by atoms with Gasteiger partial charge in [-0.25, -0.2) is 18.4 Å². The minimum Gasteiger partial charge on any atom is -0.494 e. The zero-order valence-electron chi connectivity index (χ0n) is 26.9. The van der Waals surface area contributed by atoms with Crippen LogP contribution in [0.25, 0.3) is 33.6 Å². The van der Waals surface area contributed by atoms with E-state index < -0.39 is 10.0 Å². The Morgan fingerprint density at radius 1 is 0.938 bits per heavy atom. The quantitative estimate of drug-likeness (QED) is 0.248. The highest BCUT2D eigenvalue weighted by molar-refractivity contribution is 7.89. The van der Waals surface area contributed by atoms with Crippen LogP contribution in [0.4, 0.5) is 0 Å². The number of sulfonamides is 1. The van der Waals surface area contributed by atoms with Gasteiger partial charge in [0.1, 0.15) is 16.9 Å². The first kappa shape index (κ1) is 29.8. The molecule has 2 saturated heterocycles. The average Bonchev–Trinajstić information content (AvgIpc) is 3.44. The fraction of sp³-hybridized carbons (Fsp3) is 0.417. The molecule has 12 heteroatoms. The van der Waals surface area contributed by atoms with Gasteiger partial charge in [-0.05, 0) is 80.0 Å². The summed E-state index contributed by atoms with van der Waals surface area (Å²) in [4.78, 5) is 26.2. The normalized spacial score (nSPS) is 23.0. The molecule has 4 fully saturated rings. The van der Waals surface area contributed by atoms with Gasteiger partial charge in [0, 0.05) is 67.9 Å². The van der Waals surface area contributed by atoms with Gasteiger partial charge in [0.2, 0.25) is 10.0 Å². The van der Waals surface area contributed by atoms with Gasteiger partial charge in [-0.3, -0.25) is 4.79 Å². The first-order valence-corrected chi connectivity index (χ1v) is 18.4. The van der Waals surface area contributed by atoms with Crippen LogP contribution < -0.4 is 10.5 Å². The van der Waals surface area contributed by atoms with Crippen molar-refractivity contribution in [1.29, 1.82) is 0 Å². The number of nitrogens with two attached hydrogens (primary N) is 1. The number of carbonyl (C=O) groups excluding carboxylic acids is 1. The molecule has 5 heterocycles. The molecule has 5 aromatic rings. The molecule has 0 radical (unpaired) electrons. The number of likely N-dealkylation sites (tertiary alicyclic amines) is 1. The molecule has 2 bridgehead atoms. The van der Waals surface area contributed by atoms with Crippen molar-refractivity contribution in [1.82, 2.24) is 28.3 Å². The zero-order valence-corrected chi connectivity index (χ0v) is 27.7. The molecule has 0 unspecified atom stereocenters. The number of amides is 1. The third-order valence-corrected chi connectivity index (χ3v) is 12.8. The van der Waals surface area contributed by atoms with Gasteiger partial charge in [0.05, 0.1) is 23.2 Å². The molecule has 2 aromatic carbocycles. The van der Waals surface area contributed by atoms with E-state index in [4.69, 9.17) is 20.4 Å². The molecule has 2 aliphatic heterocycles. The predicted molar refractivity (Wildman–Crippen MR) is 182 cm³/mol. The third kappa shape index (κ3) is 4.75. The number of methoxy groups -OCH3 is 1. The van der Waals surface area contributed by atoms with Crippen molar-refractivity contribution in [3.8, 4) is 17.3 Å². The minimum atomic E-state index is -3.57. The number of imidazole rings is 1. The van der Waals surface area contributed by atoms with Crippen LogP contribution in [-0.4, -0.2) is 81.5 Å². The van der Waals surface area contributed by atoms with E-state index in [-0.39, 0.29) is 23.9 Å². The monoisotopic (exact) mass is 665 g/mol. The lowest BCUT2D eigenvalue weighted by Gasteiger charge is -2.38. The van der Waals surface area contributed by atoms with Crippen molar-refractivity contribution in [3.05, 3.63) is 72.4 Å². The Labute approximate surface area is 279 Å². The van der Waals surface area contributed by atoms with E-state index in [1.54, 1.807) is 35.7 Å². The second-order valence-corrected chi connectivity index (χ2v) is 16.0. The molecule has 2 saturated carbocycles. The number of pyridine rings is 1. The molecule has 2 aliphatic carbocycles. The van der Waals surface area contributed by atoms with Crippen LogP contribution >= 0.6 is 0 Å². The third-order valence-electron chi connectivity index (χ3n) is 11.0. The number of benzene rings is 2. The molecule has 3 aromatic heterocycles. The van der Waals surface area contributed by atoms with E-state index in [0.29, 0.717) is 59.7 Å². The Bertz CT molecular complexity index is 2170. The van der Waals surface area contributed by atoms with Crippen LogP contribution in [0.5, 0.6) is 5.75 Å². The second kappa shape index (κ2) is 11.1. The Morgan fingerprint density at radius 3 is 2.44 bits per heavy atom. The molecular weight excluding hydrogens is 627 g/mol. The lowest BCUT2D eigenvalue weighted by Crippen LogP contribution is -2.51. The maximum Gasteiger partial charge on any atom is 0.254 e. The summed E-state index contributed by atoms with van der Waals surface area (Å²) >= 11 is 0. The van der Waals surface area contributed by atoms with Gasteiger partial charge >= 0.3 is 0 Å². The van der Waals surface area contributed by atoms with E-state index in [0.717, 1.165) is 47.5 Å². The summed E-state index contributed by atoms with van der Waals surface area (Å²) in [6, 6.07) is 18.6. The minimum absolute atomic E-state index is 0.0279. The number of nitrogens with zero attached hydrogens (tertiary/aromatic N) is 6. The number of hydrogen-bond donors (Lipinski definition) is 1. The van der Waals surface area contributed by atoms with E-state index in [1.165, 1.54) is 12.8 Å². The summed E-state index contributed by atoms with van der Waals surface area (Å²) in [5.74, 6) is 2.31. The van der Waals surface area contributed by atoms with Crippen molar-refractivity contribution in [2.75, 3.05) is 26.7 Å². The molecule has 1 amide bonds. The first-order valence-electron chi connectivity index (χ1n) is 16.9. The number of ether oxygens (including phenoxy) is 1. The standard InChI is InChI=1S/C36H39N7O4S/c1-47-31-16-26(36(44)42-21-25-11-12-29(42)32(25)37)14-28-33(31)43(20-23-17-40(18-23)48(45,46)27-7-3-2-4-8-27)35(39-28)30-15-24-6-5-13-38-34(24)41(30)19-22-9-10-22/h2-8,13-16,22-23,25,29,32H,9-12,17-21,37H2,1H3/t25-,29-,32-/m1/s1. The van der Waals surface area contributed by atoms with Crippen LogP contribution in [0, 0.1) is 17.8 Å². The number of piperidine rings is 1. The van der Waals surface area contributed by atoms with Crippen molar-refractivity contribution in [3.63, 3.8) is 0 Å². The van der Waals surface area contributed by atoms with Gasteiger partial charge in [0.15, 0.2) is 5.82 Å². The lowest BCUT2D eigenvalue weighted by molar-refractivity contribution is 0.0700. The van der Waals surface area contributed by atoms with Gasteiger partial charge in [-0.2, -0.15) is 4.31 Å². The number of carbonyl (C=O) groups is 1. The summed E-state index contributed by atoms with van der Waals surface area (Å²) in [7, 11) is -1.95. The number of hydrogen-bond acceptors (Lipinski definition) is 7. The number of fused-ring (bicyclic) bond motifs is 4. The highest BCUT2D eigenvalue weighted by Crippen LogP contribution is 2.41. The lowest BCUT2D eigenvalue weighted by atomic mass is 10.0. The molecule has 4 aliphatic rings. The van der Waals surface area contributed by atoms with Gasteiger partial charge < -0.3 is 24.5 Å². The molecule has 9 rings (SSSR count). The Balaban J connectivity index is 1.13. The van der Waals surface area contributed by atoms with Crippen molar-refractivity contribution >= 4 is 38.0 Å². The summed E-state index contributed by atoms with van der Waals surface area (Å²) < 4.78 is 38.6. The summed E-state index contributed by atoms with van der Waals surface area (Å²) in [6.07, 6.45) is 6.22. The van der Waals surface area contributed by atoms with E-state index >= 15 is 0 Å². The number of aromatic nitrogens is 4. The first-order chi connectivity index (χ1) is 23.3. The molecule has 11 nitrogen and oxygen atoms in total. The molecule has 48 heavy (non-hydrogen) atoms. The molecule has 0 spiro atoms. The smallest absolute Gasteiger partial charge is 0.254 e. The zero-order chi connectivity index (χ0) is 32.7. The van der Waals surface area contributed by atoms with Crippen LogP contribution in [0.2, 0.25) is 0 Å². The molecule has 2 N–H and O–H groups in total. The predicted octanol–water partition coefficient (Wildman–Crippen LogP) is 4.35. The maximum atomic E-state index is 13.9. The highest BCUT2D eigenvalue weighted by atomic mass is 32.2. The topological polar surface area (TPSA) is 129 Å². The van der Waals surface area contributed by atoms with E-state index in [9.17, 15) is 13.2 Å². The summed E-state index contributed by atoms with van der Waals surface area (Å²) in [5.41, 5.74) is 10.3. The van der Waals surface area contributed by atoms with Crippen molar-refractivity contribution < 1.29 is 17.9 Å². The maximum absolute atomic E-state index is 13.9. The van der Waals surface area contributed by atoms with Gasteiger partial charge in [-0.1, -0.05) is 18.2 Å². The SMILES string of the molecule is COc1cc(C(=O)N2C[C@H]3CC[C@@H]2[C@@H]3N)cc2nc(-c3cc4cccnc4n3CC3CC3)n(CC3CN(S(=O)(=O)c4ccccc4)C3)c12. The number of rotatable bonds is 9. The molecule has 248 valence electrons. The van der Waals surface area contributed by atoms with Crippen molar-refractivity contribution in [2.24, 2.45) is 23.5 Å². The highest BCUT2D eigenvalue weighted by Gasteiger charge is 2.47. The Hall–Kier alpha value is -4.26. The van der Waals surface area contributed by atoms with Crippen LogP contribution in [0.3, 0.4) is 0 Å². The summed E-state index contributed by atoms with van der Waals surface area (Å²) in [5, 5.41) is 1.04. The Morgan fingerprint density at radius 2 is 1.73 bits per heavy atom. The van der Waals surface area contributed by atoms with Crippen LogP contribution in [-0.2, 0) is 23.1 Å². The second-order valence-electron chi connectivity index (χ2n) is 14.0. The van der Waals surface area contributed by atoms with Gasteiger partial charge in [-0.15, -0.1) is 0 Å². The summed E-state index contributed by atoms with van der Waals surface area (Å²) in [6.45, 7) is 2.88. The van der Waals surface area contributed by atoms with Crippen LogP contribution in [0.15, 0.2) is 71.8 Å². The average molecular weight is 666 g/mol. The molecule has 3 atom stereocenters. The Kier molecular flexibility index (Phi) is 6.93. The van der Waals surface area contributed by atoms with E-state index in [2.05, 4.69) is 21.3 Å². The van der Waals surface area contributed by atoms with Gasteiger partial charge in [0.25, 0.3) is 5.91 Å². The fourth-order valence-electron chi connectivity index (χ4n) is 8.18. The van der Waals surface area contributed by atoms with Crippen LogP contribution in [0.1, 0.15) is 36.0 Å². The molecular formula is C36H39N7O4S. The fourth-order valence-corrected chi connectivity index (χ4v) is 9.79. The largest absolute Gasteiger partial charge is 0.494 e. The van der Waals surface area contributed by atoms with E-state index in [1.807, 2.05) is 35.4 Å².